The van der Waals surface area contributed by atoms with Gasteiger partial charge in [0.2, 0.25) is 0 Å². The van der Waals surface area contributed by atoms with Gasteiger partial charge in [0.25, 0.3) is 0 Å². The lowest BCUT2D eigenvalue weighted by molar-refractivity contribution is 0.120. The van der Waals surface area contributed by atoms with Crippen molar-refractivity contribution in [3.05, 3.63) is 23.8 Å². The molecule has 2 unspecified atom stereocenters. The summed E-state index contributed by atoms with van der Waals surface area (Å²) in [6, 6.07) is 6.63. The Balaban J connectivity index is 1.75. The van der Waals surface area contributed by atoms with E-state index in [0.29, 0.717) is 18.1 Å². The van der Waals surface area contributed by atoms with Gasteiger partial charge in [0.05, 0.1) is 0 Å². The molecule has 0 aromatic heterocycles. The first-order chi connectivity index (χ1) is 8.63. The van der Waals surface area contributed by atoms with Crippen LogP contribution in [0.5, 0.6) is 11.5 Å². The molecule has 2 aliphatic heterocycles. The lowest BCUT2D eigenvalue weighted by atomic mass is 9.97. The molecule has 0 aliphatic carbocycles. The molecule has 2 atom stereocenters. The van der Waals surface area contributed by atoms with Crippen molar-refractivity contribution >= 4 is 0 Å². The van der Waals surface area contributed by atoms with Gasteiger partial charge in [-0.3, -0.25) is 4.90 Å². The van der Waals surface area contributed by atoms with Crippen LogP contribution in [-0.2, 0) is 6.54 Å². The summed E-state index contributed by atoms with van der Waals surface area (Å²) < 4.78 is 0. The van der Waals surface area contributed by atoms with Gasteiger partial charge in [-0.25, -0.2) is 0 Å². The third-order valence-corrected chi connectivity index (χ3v) is 4.33. The minimum atomic E-state index is -0.0533. The standard InChI is InChI=1S/C14H20N2O2/c15-10-6-11-2-3-12(7-10)16(11)8-9-1-4-13(17)14(18)5-9/h1,4-5,10-12,17-18H,2-3,6-8,15H2. The van der Waals surface area contributed by atoms with E-state index in [4.69, 9.17) is 5.73 Å². The van der Waals surface area contributed by atoms with Crippen molar-refractivity contribution in [2.75, 3.05) is 0 Å². The van der Waals surface area contributed by atoms with E-state index in [1.54, 1.807) is 12.1 Å². The van der Waals surface area contributed by atoms with Gasteiger partial charge in [-0.1, -0.05) is 6.07 Å². The molecule has 1 aromatic rings. The molecule has 2 heterocycles. The molecule has 2 aliphatic rings. The van der Waals surface area contributed by atoms with Gasteiger partial charge in [0, 0.05) is 24.7 Å². The summed E-state index contributed by atoms with van der Waals surface area (Å²) in [5.74, 6) is -0.0871. The van der Waals surface area contributed by atoms with Crippen LogP contribution in [0.4, 0.5) is 0 Å². The number of fused-ring (bicyclic) bond motifs is 2. The highest BCUT2D eigenvalue weighted by Crippen LogP contribution is 2.36. The number of phenols is 2. The molecular weight excluding hydrogens is 228 g/mol. The average Bonchev–Trinajstić information content (AvgIpc) is 2.58. The van der Waals surface area contributed by atoms with Crippen molar-refractivity contribution in [2.45, 2.75) is 50.4 Å². The number of aromatic hydroxyl groups is 2. The largest absolute Gasteiger partial charge is 0.504 e. The topological polar surface area (TPSA) is 69.7 Å². The van der Waals surface area contributed by atoms with E-state index in [1.165, 1.54) is 12.8 Å². The fourth-order valence-electron chi connectivity index (χ4n) is 3.45. The van der Waals surface area contributed by atoms with E-state index >= 15 is 0 Å². The Bertz CT molecular complexity index is 435. The fourth-order valence-corrected chi connectivity index (χ4v) is 3.45. The molecular formula is C14H20N2O2. The van der Waals surface area contributed by atoms with Crippen LogP contribution in [0, 0.1) is 0 Å². The highest BCUT2D eigenvalue weighted by atomic mass is 16.3. The molecule has 0 radical (unpaired) electrons. The van der Waals surface area contributed by atoms with Crippen LogP contribution in [0.1, 0.15) is 31.2 Å². The van der Waals surface area contributed by atoms with Crippen molar-refractivity contribution in [1.82, 2.24) is 4.90 Å². The second-order valence-corrected chi connectivity index (χ2v) is 5.61. The highest BCUT2D eigenvalue weighted by Gasteiger charge is 2.39. The average molecular weight is 248 g/mol. The van der Waals surface area contributed by atoms with Gasteiger partial charge in [-0.15, -0.1) is 0 Å². The summed E-state index contributed by atoms with van der Waals surface area (Å²) in [6.45, 7) is 0.843. The molecule has 0 spiro atoms. The smallest absolute Gasteiger partial charge is 0.157 e. The van der Waals surface area contributed by atoms with Crippen LogP contribution in [0.15, 0.2) is 18.2 Å². The van der Waals surface area contributed by atoms with Crippen LogP contribution in [0.2, 0.25) is 0 Å². The zero-order valence-corrected chi connectivity index (χ0v) is 10.4. The minimum Gasteiger partial charge on any atom is -0.504 e. The summed E-state index contributed by atoms with van der Waals surface area (Å²) >= 11 is 0. The van der Waals surface area contributed by atoms with Crippen molar-refractivity contribution in [1.29, 1.82) is 0 Å². The lowest BCUT2D eigenvalue weighted by Crippen LogP contribution is -2.46. The Morgan fingerprint density at radius 3 is 2.39 bits per heavy atom. The Hall–Kier alpha value is -1.26. The quantitative estimate of drug-likeness (QED) is 0.695. The van der Waals surface area contributed by atoms with Crippen LogP contribution >= 0.6 is 0 Å². The van der Waals surface area contributed by atoms with Crippen molar-refractivity contribution in [3.8, 4) is 11.5 Å². The van der Waals surface area contributed by atoms with E-state index in [-0.39, 0.29) is 11.5 Å². The highest BCUT2D eigenvalue weighted by molar-refractivity contribution is 5.40. The van der Waals surface area contributed by atoms with E-state index in [9.17, 15) is 10.2 Å². The molecule has 4 nitrogen and oxygen atoms in total. The molecule has 4 heteroatoms. The van der Waals surface area contributed by atoms with Gasteiger partial charge in [0.1, 0.15) is 0 Å². The predicted octanol–water partition coefficient (Wildman–Crippen LogP) is 1.55. The van der Waals surface area contributed by atoms with Crippen LogP contribution in [-0.4, -0.2) is 33.2 Å². The van der Waals surface area contributed by atoms with Crippen LogP contribution < -0.4 is 5.73 Å². The Labute approximate surface area is 107 Å². The zero-order chi connectivity index (χ0) is 12.7. The molecule has 0 amide bonds. The number of nitrogens with zero attached hydrogens (tertiary/aromatic N) is 1. The van der Waals surface area contributed by atoms with Gasteiger partial charge >= 0.3 is 0 Å². The summed E-state index contributed by atoms with van der Waals surface area (Å²) in [7, 11) is 0. The van der Waals surface area contributed by atoms with Gasteiger partial charge in [-0.2, -0.15) is 0 Å². The Kier molecular flexibility index (Phi) is 2.92. The third kappa shape index (κ3) is 2.06. The summed E-state index contributed by atoms with van der Waals surface area (Å²) in [6.07, 6.45) is 4.64. The number of rotatable bonds is 2. The molecule has 2 saturated heterocycles. The van der Waals surface area contributed by atoms with Crippen LogP contribution in [0.3, 0.4) is 0 Å². The SMILES string of the molecule is NC1CC2CCC(C1)N2Cc1ccc(O)c(O)c1. The fraction of sp³-hybridized carbons (Fsp3) is 0.571. The molecule has 18 heavy (non-hydrogen) atoms. The van der Waals surface area contributed by atoms with Crippen molar-refractivity contribution in [3.63, 3.8) is 0 Å². The maximum Gasteiger partial charge on any atom is 0.157 e. The number of hydrogen-bond acceptors (Lipinski definition) is 4. The maximum absolute atomic E-state index is 9.53. The summed E-state index contributed by atoms with van der Waals surface area (Å²) in [5, 5.41) is 18.9. The molecule has 3 rings (SSSR count). The van der Waals surface area contributed by atoms with E-state index in [0.717, 1.165) is 24.9 Å². The minimum absolute atomic E-state index is 0.0337. The Morgan fingerprint density at radius 1 is 1.11 bits per heavy atom. The molecule has 1 aromatic carbocycles. The monoisotopic (exact) mass is 248 g/mol. The molecule has 4 N–H and O–H groups in total. The maximum atomic E-state index is 9.53. The number of phenolic OH excluding ortho intramolecular Hbond substituents is 2. The first-order valence-electron chi connectivity index (χ1n) is 6.65. The number of hydrogen-bond donors (Lipinski definition) is 3. The summed E-state index contributed by atoms with van der Waals surface area (Å²) in [5.41, 5.74) is 7.11. The second kappa shape index (κ2) is 4.44. The van der Waals surface area contributed by atoms with E-state index in [2.05, 4.69) is 4.90 Å². The number of piperidine rings is 1. The normalized spacial score (nSPS) is 31.7. The molecule has 0 saturated carbocycles. The van der Waals surface area contributed by atoms with E-state index < -0.39 is 0 Å². The molecule has 98 valence electrons. The van der Waals surface area contributed by atoms with Gasteiger partial charge in [-0.05, 0) is 43.4 Å². The summed E-state index contributed by atoms with van der Waals surface area (Å²) in [4.78, 5) is 2.51. The lowest BCUT2D eigenvalue weighted by Gasteiger charge is -2.37. The first-order valence-corrected chi connectivity index (χ1v) is 6.65. The second-order valence-electron chi connectivity index (χ2n) is 5.61. The van der Waals surface area contributed by atoms with Crippen LogP contribution in [0.25, 0.3) is 0 Å². The Morgan fingerprint density at radius 2 is 1.78 bits per heavy atom. The number of benzene rings is 1. The zero-order valence-electron chi connectivity index (χ0n) is 10.4. The predicted molar refractivity (Wildman–Crippen MR) is 69.3 cm³/mol. The van der Waals surface area contributed by atoms with Gasteiger partial charge < -0.3 is 15.9 Å². The molecule has 2 bridgehead atoms. The van der Waals surface area contributed by atoms with Crippen molar-refractivity contribution < 1.29 is 10.2 Å². The molecule has 2 fully saturated rings. The number of nitrogens with two attached hydrogens (primary N) is 1. The first kappa shape index (κ1) is 11.8. The van der Waals surface area contributed by atoms with E-state index in [1.807, 2.05) is 6.07 Å². The van der Waals surface area contributed by atoms with Gasteiger partial charge in [0.15, 0.2) is 11.5 Å². The third-order valence-electron chi connectivity index (χ3n) is 4.33. The van der Waals surface area contributed by atoms with Crippen molar-refractivity contribution in [2.24, 2.45) is 5.73 Å².